The molecule has 4 aromatic rings. The summed E-state index contributed by atoms with van der Waals surface area (Å²) in [5, 5.41) is 12.2. The van der Waals surface area contributed by atoms with E-state index < -0.39 is 0 Å². The molecule has 6 nitrogen and oxygen atoms in total. The highest BCUT2D eigenvalue weighted by Gasteiger charge is 2.16. The summed E-state index contributed by atoms with van der Waals surface area (Å²) in [7, 11) is 0. The number of rotatable bonds is 4. The van der Waals surface area contributed by atoms with Crippen LogP contribution in [-0.4, -0.2) is 26.1 Å². The average Bonchev–Trinajstić information content (AvgIpc) is 3.19. The van der Waals surface area contributed by atoms with Crippen LogP contribution in [0.1, 0.15) is 28.1 Å². The van der Waals surface area contributed by atoms with E-state index in [4.69, 9.17) is 0 Å². The first-order chi connectivity index (χ1) is 12.5. The molecule has 0 unspecified atom stereocenters. The number of carbonyl (C=O) groups is 1. The Morgan fingerprint density at radius 2 is 1.96 bits per heavy atom. The second-order valence-electron chi connectivity index (χ2n) is 6.71. The minimum atomic E-state index is -0.0125. The monoisotopic (exact) mass is 347 g/mol. The van der Waals surface area contributed by atoms with Crippen molar-refractivity contribution in [3.05, 3.63) is 58.5 Å². The van der Waals surface area contributed by atoms with Crippen LogP contribution in [0.15, 0.2) is 30.5 Å². The van der Waals surface area contributed by atoms with Crippen molar-refractivity contribution in [2.24, 2.45) is 0 Å². The van der Waals surface area contributed by atoms with Crippen molar-refractivity contribution in [3.63, 3.8) is 0 Å². The number of carbonyl (C=O) groups excluding carboxylic acids is 1. The van der Waals surface area contributed by atoms with Gasteiger partial charge < -0.3 is 10.3 Å². The number of amides is 1. The number of hydrogen-bond acceptors (Lipinski definition) is 3. The molecule has 3 aromatic heterocycles. The summed E-state index contributed by atoms with van der Waals surface area (Å²) in [6, 6.07) is 8.03. The first kappa shape index (κ1) is 16.3. The fourth-order valence-electron chi connectivity index (χ4n) is 3.48. The van der Waals surface area contributed by atoms with Gasteiger partial charge in [0.05, 0.1) is 18.7 Å². The maximum absolute atomic E-state index is 12.6. The lowest BCUT2D eigenvalue weighted by Crippen LogP contribution is -2.25. The largest absolute Gasteiger partial charge is 0.358 e. The summed E-state index contributed by atoms with van der Waals surface area (Å²) in [5.41, 5.74) is 7.13. The van der Waals surface area contributed by atoms with Crippen molar-refractivity contribution in [3.8, 4) is 0 Å². The van der Waals surface area contributed by atoms with E-state index in [1.54, 1.807) is 6.20 Å². The molecule has 0 saturated heterocycles. The van der Waals surface area contributed by atoms with Gasteiger partial charge in [-0.15, -0.1) is 0 Å². The van der Waals surface area contributed by atoms with Gasteiger partial charge in [0.2, 0.25) is 5.91 Å². The van der Waals surface area contributed by atoms with E-state index in [1.807, 2.05) is 19.1 Å². The van der Waals surface area contributed by atoms with Crippen LogP contribution in [0.4, 0.5) is 0 Å². The van der Waals surface area contributed by atoms with Crippen molar-refractivity contribution >= 4 is 27.8 Å². The van der Waals surface area contributed by atoms with Crippen molar-refractivity contribution in [1.82, 2.24) is 25.5 Å². The summed E-state index contributed by atoms with van der Waals surface area (Å²) in [4.78, 5) is 20.2. The topological polar surface area (TPSA) is 86.5 Å². The summed E-state index contributed by atoms with van der Waals surface area (Å²) in [6.45, 7) is 6.59. The molecule has 4 rings (SSSR count). The van der Waals surface area contributed by atoms with E-state index in [2.05, 4.69) is 51.5 Å². The summed E-state index contributed by atoms with van der Waals surface area (Å²) >= 11 is 0. The minimum Gasteiger partial charge on any atom is -0.358 e. The lowest BCUT2D eigenvalue weighted by molar-refractivity contribution is -0.120. The zero-order valence-corrected chi connectivity index (χ0v) is 15.1. The Bertz CT molecular complexity index is 1120. The van der Waals surface area contributed by atoms with Gasteiger partial charge in [0.1, 0.15) is 0 Å². The Hall–Kier alpha value is -3.15. The fourth-order valence-corrected chi connectivity index (χ4v) is 3.48. The van der Waals surface area contributed by atoms with Crippen molar-refractivity contribution < 1.29 is 4.79 Å². The molecule has 0 aliphatic heterocycles. The maximum atomic E-state index is 12.6. The van der Waals surface area contributed by atoms with E-state index in [0.717, 1.165) is 33.2 Å². The zero-order chi connectivity index (χ0) is 18.3. The summed E-state index contributed by atoms with van der Waals surface area (Å²) in [5.74, 6) is -0.0125. The molecule has 0 bridgehead atoms. The smallest absolute Gasteiger partial charge is 0.224 e. The van der Waals surface area contributed by atoms with E-state index in [9.17, 15) is 4.79 Å². The standard InChI is InChI=1S/C20H21N5O/c1-11-6-7-12(2)19-18(11)15(13(3)23-19)9-17(26)22-10-16-14-5-4-8-21-20(14)25-24-16/h4-8,23H,9-10H2,1-3H3,(H,22,26)(H,21,24,25). The molecule has 0 aliphatic carbocycles. The Labute approximate surface area is 151 Å². The molecule has 1 amide bonds. The number of fused-ring (bicyclic) bond motifs is 2. The Balaban J connectivity index is 1.55. The van der Waals surface area contributed by atoms with E-state index in [0.29, 0.717) is 18.6 Å². The maximum Gasteiger partial charge on any atom is 0.224 e. The number of aromatic nitrogens is 4. The molecule has 0 saturated carbocycles. The van der Waals surface area contributed by atoms with Crippen molar-refractivity contribution in [2.75, 3.05) is 0 Å². The van der Waals surface area contributed by atoms with Crippen molar-refractivity contribution in [2.45, 2.75) is 33.7 Å². The Morgan fingerprint density at radius 1 is 1.15 bits per heavy atom. The number of H-pyrrole nitrogens is 2. The molecule has 0 atom stereocenters. The highest BCUT2D eigenvalue weighted by atomic mass is 16.1. The van der Waals surface area contributed by atoms with Gasteiger partial charge in [-0.25, -0.2) is 4.98 Å². The molecule has 0 fully saturated rings. The number of hydrogen-bond donors (Lipinski definition) is 3. The predicted molar refractivity (Wildman–Crippen MR) is 102 cm³/mol. The average molecular weight is 347 g/mol. The Morgan fingerprint density at radius 3 is 2.81 bits per heavy atom. The molecule has 3 heterocycles. The fraction of sp³-hybridized carbons (Fsp3) is 0.250. The number of pyridine rings is 1. The van der Waals surface area contributed by atoms with Crippen LogP contribution in [0.2, 0.25) is 0 Å². The SMILES string of the molecule is Cc1[nH]c2c(C)ccc(C)c2c1CC(=O)NCc1[nH]nc2ncccc12. The van der Waals surface area contributed by atoms with Gasteiger partial charge in [-0.3, -0.25) is 9.89 Å². The molecule has 0 aliphatic rings. The number of nitrogens with one attached hydrogen (secondary N) is 3. The van der Waals surface area contributed by atoms with Crippen LogP contribution in [0, 0.1) is 20.8 Å². The third kappa shape index (κ3) is 2.73. The highest BCUT2D eigenvalue weighted by Crippen LogP contribution is 2.28. The van der Waals surface area contributed by atoms with Crippen LogP contribution in [0.3, 0.4) is 0 Å². The number of aromatic amines is 2. The summed E-state index contributed by atoms with van der Waals surface area (Å²) in [6.07, 6.45) is 2.05. The molecule has 1 aromatic carbocycles. The van der Waals surface area contributed by atoms with Gasteiger partial charge in [-0.2, -0.15) is 5.10 Å². The normalized spacial score (nSPS) is 11.3. The van der Waals surface area contributed by atoms with Crippen molar-refractivity contribution in [1.29, 1.82) is 0 Å². The number of aryl methyl sites for hydroxylation is 3. The molecule has 3 N–H and O–H groups in total. The first-order valence-corrected chi connectivity index (χ1v) is 8.66. The minimum absolute atomic E-state index is 0.0125. The quantitative estimate of drug-likeness (QED) is 0.530. The van der Waals surface area contributed by atoms with Crippen LogP contribution < -0.4 is 5.32 Å². The van der Waals surface area contributed by atoms with Gasteiger partial charge in [-0.1, -0.05) is 12.1 Å². The van der Waals surface area contributed by atoms with Crippen LogP contribution in [0.5, 0.6) is 0 Å². The lowest BCUT2D eigenvalue weighted by Gasteiger charge is -2.06. The van der Waals surface area contributed by atoms with Crippen LogP contribution in [-0.2, 0) is 17.8 Å². The third-order valence-electron chi connectivity index (χ3n) is 4.90. The Kier molecular flexibility index (Phi) is 3.95. The number of nitrogens with zero attached hydrogens (tertiary/aromatic N) is 2. The molecular weight excluding hydrogens is 326 g/mol. The molecule has 26 heavy (non-hydrogen) atoms. The highest BCUT2D eigenvalue weighted by molar-refractivity contribution is 5.94. The molecular formula is C20H21N5O. The van der Waals surface area contributed by atoms with Gasteiger partial charge in [-0.05, 0) is 49.6 Å². The second-order valence-corrected chi connectivity index (χ2v) is 6.71. The van der Waals surface area contributed by atoms with Gasteiger partial charge in [0.15, 0.2) is 5.65 Å². The van der Waals surface area contributed by atoms with E-state index in [-0.39, 0.29) is 5.91 Å². The van der Waals surface area contributed by atoms with Crippen LogP contribution >= 0.6 is 0 Å². The number of benzene rings is 1. The van der Waals surface area contributed by atoms with Gasteiger partial charge in [0, 0.05) is 28.2 Å². The molecule has 0 radical (unpaired) electrons. The van der Waals surface area contributed by atoms with Gasteiger partial charge in [0.25, 0.3) is 0 Å². The molecule has 132 valence electrons. The first-order valence-electron chi connectivity index (χ1n) is 8.66. The van der Waals surface area contributed by atoms with E-state index in [1.165, 1.54) is 11.1 Å². The molecule has 0 spiro atoms. The lowest BCUT2D eigenvalue weighted by atomic mass is 10.0. The third-order valence-corrected chi connectivity index (χ3v) is 4.90. The van der Waals surface area contributed by atoms with E-state index >= 15 is 0 Å². The van der Waals surface area contributed by atoms with Gasteiger partial charge >= 0.3 is 0 Å². The predicted octanol–water partition coefficient (Wildman–Crippen LogP) is 3.22. The zero-order valence-electron chi connectivity index (χ0n) is 15.1. The second kappa shape index (κ2) is 6.29. The molecule has 6 heteroatoms. The van der Waals surface area contributed by atoms with Crippen LogP contribution in [0.25, 0.3) is 21.9 Å². The summed E-state index contributed by atoms with van der Waals surface area (Å²) < 4.78 is 0.